The molecule has 11 heavy (non-hydrogen) atoms. The van der Waals surface area contributed by atoms with Crippen LogP contribution in [0.4, 0.5) is 0 Å². The molecular weight excluding hydrogens is 146 g/mol. The lowest BCUT2D eigenvalue weighted by atomic mass is 10.5. The van der Waals surface area contributed by atoms with Gasteiger partial charge in [0, 0.05) is 0 Å². The van der Waals surface area contributed by atoms with E-state index in [1.165, 1.54) is 4.90 Å². The van der Waals surface area contributed by atoms with Crippen molar-refractivity contribution >= 4 is 0 Å². The molecule has 1 aliphatic heterocycles. The summed E-state index contributed by atoms with van der Waals surface area (Å²) in [6.07, 6.45) is 0. The number of quaternary nitrogens is 1. The number of ether oxygens (including phenoxy) is 2. The second-order valence-corrected chi connectivity index (χ2v) is 2.64. The topological polar surface area (TPSA) is 43.1 Å². The predicted molar refractivity (Wildman–Crippen MR) is 39.4 cm³/mol. The van der Waals surface area contributed by atoms with E-state index in [0.717, 1.165) is 26.3 Å². The molecule has 0 bridgehead atoms. The van der Waals surface area contributed by atoms with Crippen LogP contribution in [-0.4, -0.2) is 51.4 Å². The van der Waals surface area contributed by atoms with Gasteiger partial charge in [-0.25, -0.2) is 0 Å². The molecule has 0 aromatic carbocycles. The van der Waals surface area contributed by atoms with Crippen molar-refractivity contribution < 1.29 is 19.5 Å². The van der Waals surface area contributed by atoms with Crippen molar-refractivity contribution in [3.63, 3.8) is 0 Å². The molecule has 1 aliphatic rings. The van der Waals surface area contributed by atoms with Gasteiger partial charge in [0.1, 0.15) is 13.1 Å². The molecule has 0 saturated carbocycles. The van der Waals surface area contributed by atoms with Crippen LogP contribution in [0, 0.1) is 0 Å². The van der Waals surface area contributed by atoms with Gasteiger partial charge >= 0.3 is 0 Å². The van der Waals surface area contributed by atoms with Crippen LogP contribution >= 0.6 is 0 Å². The Bertz CT molecular complexity index is 93.7. The van der Waals surface area contributed by atoms with Crippen LogP contribution in [0.2, 0.25) is 0 Å². The summed E-state index contributed by atoms with van der Waals surface area (Å²) in [7, 11) is 0. The zero-order valence-corrected chi connectivity index (χ0v) is 6.71. The lowest BCUT2D eigenvalue weighted by molar-refractivity contribution is -0.927. The molecule has 1 fully saturated rings. The van der Waals surface area contributed by atoms with Gasteiger partial charge in [-0.2, -0.15) is 0 Å². The van der Waals surface area contributed by atoms with E-state index >= 15 is 0 Å². The Hall–Kier alpha value is -0.160. The minimum atomic E-state index is 0.115. The van der Waals surface area contributed by atoms with Gasteiger partial charge in [-0.3, -0.25) is 0 Å². The summed E-state index contributed by atoms with van der Waals surface area (Å²) in [5.41, 5.74) is 0. The first kappa shape index (κ1) is 8.93. The van der Waals surface area contributed by atoms with Gasteiger partial charge in [-0.1, -0.05) is 0 Å². The fourth-order valence-electron chi connectivity index (χ4n) is 1.09. The summed E-state index contributed by atoms with van der Waals surface area (Å²) in [6.45, 7) is 4.96. The van der Waals surface area contributed by atoms with E-state index in [-0.39, 0.29) is 6.61 Å². The lowest BCUT2D eigenvalue weighted by Gasteiger charge is -2.22. The quantitative estimate of drug-likeness (QED) is 0.464. The highest BCUT2D eigenvalue weighted by Gasteiger charge is 2.12. The third-order valence-corrected chi connectivity index (χ3v) is 1.74. The van der Waals surface area contributed by atoms with Gasteiger partial charge in [0.2, 0.25) is 0 Å². The minimum Gasteiger partial charge on any atom is -0.394 e. The molecule has 0 aliphatic carbocycles. The third-order valence-electron chi connectivity index (χ3n) is 1.74. The van der Waals surface area contributed by atoms with Crippen molar-refractivity contribution in [3.8, 4) is 0 Å². The van der Waals surface area contributed by atoms with Crippen LogP contribution in [0.5, 0.6) is 0 Å². The summed E-state index contributed by atoms with van der Waals surface area (Å²) < 4.78 is 10.4. The smallest absolute Gasteiger partial charge is 0.181 e. The molecule has 4 nitrogen and oxygen atoms in total. The van der Waals surface area contributed by atoms with Gasteiger partial charge < -0.3 is 19.5 Å². The highest BCUT2D eigenvalue weighted by atomic mass is 16.5. The van der Waals surface area contributed by atoms with Crippen LogP contribution in [0.1, 0.15) is 0 Å². The van der Waals surface area contributed by atoms with Crippen molar-refractivity contribution in [1.29, 1.82) is 0 Å². The van der Waals surface area contributed by atoms with E-state index in [1.807, 2.05) is 0 Å². The third kappa shape index (κ3) is 3.67. The molecule has 1 heterocycles. The predicted octanol–water partition coefficient (Wildman–Crippen LogP) is -2.13. The molecule has 1 rings (SSSR count). The highest BCUT2D eigenvalue weighted by Crippen LogP contribution is 1.75. The maximum Gasteiger partial charge on any atom is 0.181 e. The number of rotatable bonds is 4. The summed E-state index contributed by atoms with van der Waals surface area (Å²) in [6, 6.07) is 0. The first-order valence-corrected chi connectivity index (χ1v) is 4.03. The Morgan fingerprint density at radius 1 is 1.36 bits per heavy atom. The molecule has 0 aromatic rings. The van der Waals surface area contributed by atoms with Gasteiger partial charge in [0.25, 0.3) is 0 Å². The monoisotopic (exact) mass is 162 g/mol. The van der Waals surface area contributed by atoms with E-state index in [1.54, 1.807) is 0 Å². The summed E-state index contributed by atoms with van der Waals surface area (Å²) in [5.74, 6) is 0. The van der Waals surface area contributed by atoms with Crippen molar-refractivity contribution in [1.82, 2.24) is 0 Å². The molecule has 0 spiro atoms. The summed E-state index contributed by atoms with van der Waals surface area (Å²) in [4.78, 5) is 1.41. The Kier molecular flexibility index (Phi) is 4.45. The van der Waals surface area contributed by atoms with Gasteiger partial charge in [0.15, 0.2) is 6.73 Å². The molecule has 4 heteroatoms. The van der Waals surface area contributed by atoms with Crippen LogP contribution in [0.25, 0.3) is 0 Å². The number of hydrogen-bond acceptors (Lipinski definition) is 3. The number of hydrogen-bond donors (Lipinski definition) is 2. The second-order valence-electron chi connectivity index (χ2n) is 2.64. The largest absolute Gasteiger partial charge is 0.394 e. The Balaban J connectivity index is 1.96. The van der Waals surface area contributed by atoms with E-state index in [9.17, 15) is 0 Å². The number of aliphatic hydroxyl groups excluding tert-OH is 1. The zero-order valence-electron chi connectivity index (χ0n) is 6.71. The first-order valence-electron chi connectivity index (χ1n) is 4.03. The summed E-state index contributed by atoms with van der Waals surface area (Å²) >= 11 is 0. The molecular formula is C7H16NO3+. The van der Waals surface area contributed by atoms with Gasteiger partial charge in [-0.05, 0) is 0 Å². The SMILES string of the molecule is OCCOC[NH+]1CCOCC1. The standard InChI is InChI=1S/C7H15NO3/c9-3-6-11-7-8-1-4-10-5-2-8/h9H,1-7H2/p+1. The Morgan fingerprint density at radius 2 is 2.09 bits per heavy atom. The Labute approximate surface area is 66.7 Å². The molecule has 0 atom stereocenters. The maximum absolute atomic E-state index is 8.44. The van der Waals surface area contributed by atoms with E-state index in [2.05, 4.69) is 0 Å². The zero-order chi connectivity index (χ0) is 7.94. The van der Waals surface area contributed by atoms with Crippen molar-refractivity contribution in [2.45, 2.75) is 0 Å². The fourth-order valence-corrected chi connectivity index (χ4v) is 1.09. The van der Waals surface area contributed by atoms with Crippen molar-refractivity contribution in [2.24, 2.45) is 0 Å². The number of nitrogens with one attached hydrogen (secondary N) is 1. The summed E-state index contributed by atoms with van der Waals surface area (Å²) in [5, 5.41) is 8.44. The van der Waals surface area contributed by atoms with Crippen LogP contribution in [-0.2, 0) is 9.47 Å². The lowest BCUT2D eigenvalue weighted by Crippen LogP contribution is -3.14. The van der Waals surface area contributed by atoms with E-state index < -0.39 is 0 Å². The average molecular weight is 162 g/mol. The number of morpholine rings is 1. The van der Waals surface area contributed by atoms with Crippen molar-refractivity contribution in [3.05, 3.63) is 0 Å². The normalized spacial score (nSPS) is 20.5. The maximum atomic E-state index is 8.44. The van der Waals surface area contributed by atoms with Gasteiger partial charge in [-0.15, -0.1) is 0 Å². The molecule has 1 saturated heterocycles. The number of aliphatic hydroxyl groups is 1. The van der Waals surface area contributed by atoms with E-state index in [0.29, 0.717) is 13.3 Å². The molecule has 0 unspecified atom stereocenters. The van der Waals surface area contributed by atoms with Crippen LogP contribution in [0.15, 0.2) is 0 Å². The molecule has 0 aromatic heterocycles. The minimum absolute atomic E-state index is 0.115. The van der Waals surface area contributed by atoms with Gasteiger partial charge in [0.05, 0.1) is 26.4 Å². The van der Waals surface area contributed by atoms with Crippen LogP contribution < -0.4 is 4.90 Å². The average Bonchev–Trinajstić information content (AvgIpc) is 2.07. The van der Waals surface area contributed by atoms with E-state index in [4.69, 9.17) is 14.6 Å². The Morgan fingerprint density at radius 3 is 2.73 bits per heavy atom. The van der Waals surface area contributed by atoms with Crippen LogP contribution in [0.3, 0.4) is 0 Å². The molecule has 66 valence electrons. The molecule has 0 amide bonds. The fraction of sp³-hybridized carbons (Fsp3) is 1.00. The van der Waals surface area contributed by atoms with Crippen molar-refractivity contribution in [2.75, 3.05) is 46.2 Å². The second kappa shape index (κ2) is 5.49. The first-order chi connectivity index (χ1) is 5.43. The molecule has 0 radical (unpaired) electrons. The molecule has 2 N–H and O–H groups in total. The highest BCUT2D eigenvalue weighted by molar-refractivity contribution is 4.35.